The summed E-state index contributed by atoms with van der Waals surface area (Å²) in [5.74, 6) is -0.330. The molecule has 1 aliphatic rings. The van der Waals surface area contributed by atoms with Gasteiger partial charge in [0.1, 0.15) is 0 Å². The summed E-state index contributed by atoms with van der Waals surface area (Å²) in [7, 11) is 0. The number of hydrogen-bond acceptors (Lipinski definition) is 5. The van der Waals surface area contributed by atoms with E-state index < -0.39 is 17.6 Å². The van der Waals surface area contributed by atoms with Crippen molar-refractivity contribution in [2.45, 2.75) is 39.3 Å². The quantitative estimate of drug-likeness (QED) is 0.640. The molecule has 4 rings (SSSR count). The number of rotatable bonds is 4. The van der Waals surface area contributed by atoms with Crippen LogP contribution in [0.15, 0.2) is 36.7 Å². The van der Waals surface area contributed by atoms with Crippen LogP contribution in [-0.4, -0.2) is 39.0 Å². The third-order valence-corrected chi connectivity index (χ3v) is 5.54. The number of carbonyl (C=O) groups excluding carboxylic acids is 1. The third-order valence-electron chi connectivity index (χ3n) is 5.54. The summed E-state index contributed by atoms with van der Waals surface area (Å²) in [4.78, 5) is 19.4. The first-order valence-electron chi connectivity index (χ1n) is 10.4. The van der Waals surface area contributed by atoms with Gasteiger partial charge in [-0.3, -0.25) is 4.79 Å². The summed E-state index contributed by atoms with van der Waals surface area (Å²) >= 11 is 0. The van der Waals surface area contributed by atoms with Gasteiger partial charge in [-0.25, -0.2) is 9.67 Å². The van der Waals surface area contributed by atoms with Gasteiger partial charge in [-0.15, -0.1) is 5.10 Å². The van der Waals surface area contributed by atoms with Crippen molar-refractivity contribution in [1.82, 2.24) is 20.0 Å². The summed E-state index contributed by atoms with van der Waals surface area (Å²) < 4.78 is 42.7. The highest BCUT2D eigenvalue weighted by molar-refractivity contribution is 6.06. The molecule has 0 unspecified atom stereocenters. The number of halogens is 3. The van der Waals surface area contributed by atoms with Crippen LogP contribution < -0.4 is 10.2 Å². The number of carbonyl (C=O) groups is 1. The average molecular weight is 444 g/mol. The first kappa shape index (κ1) is 21.8. The molecule has 1 amide bonds. The number of amides is 1. The van der Waals surface area contributed by atoms with Gasteiger partial charge in [0.15, 0.2) is 5.82 Å². The molecule has 0 aliphatic carbocycles. The van der Waals surface area contributed by atoms with Crippen molar-refractivity contribution in [3.05, 3.63) is 59.0 Å². The number of hydrogen-bond donors (Lipinski definition) is 1. The van der Waals surface area contributed by atoms with E-state index in [1.54, 1.807) is 31.3 Å². The van der Waals surface area contributed by atoms with Crippen molar-refractivity contribution in [3.63, 3.8) is 0 Å². The Labute approximate surface area is 183 Å². The molecule has 10 heteroatoms. The molecule has 0 spiro atoms. The van der Waals surface area contributed by atoms with Crippen molar-refractivity contribution in [1.29, 1.82) is 0 Å². The van der Waals surface area contributed by atoms with Gasteiger partial charge in [-0.05, 0) is 62.9 Å². The molecule has 0 atom stereocenters. The van der Waals surface area contributed by atoms with E-state index >= 15 is 0 Å². The molecule has 32 heavy (non-hydrogen) atoms. The first-order valence-corrected chi connectivity index (χ1v) is 10.4. The third kappa shape index (κ3) is 4.44. The maximum absolute atomic E-state index is 13.8. The highest BCUT2D eigenvalue weighted by atomic mass is 19.4. The van der Waals surface area contributed by atoms with Crippen LogP contribution in [0.3, 0.4) is 0 Å². The molecular formula is C22H23F3N6O. The minimum atomic E-state index is -4.54. The second kappa shape index (κ2) is 8.60. The van der Waals surface area contributed by atoms with Gasteiger partial charge in [0.2, 0.25) is 0 Å². The molecule has 1 aliphatic heterocycles. The van der Waals surface area contributed by atoms with Gasteiger partial charge >= 0.3 is 6.18 Å². The number of aromatic nitrogens is 4. The van der Waals surface area contributed by atoms with Gasteiger partial charge in [0.05, 0.1) is 23.5 Å². The standard InChI is InChI=1S/C22H23F3N6O/c1-14-6-7-17(20(27-14)31-11-8-26-29-31)21(32)28-16-12-18(22(23,24)25)15(2)19(13-16)30-9-4-3-5-10-30/h6-8,11-13H,3-5,9-10H2,1-2H3,(H,28,32). The molecule has 3 aromatic rings. The molecule has 3 heterocycles. The number of alkyl halides is 3. The zero-order valence-electron chi connectivity index (χ0n) is 17.8. The van der Waals surface area contributed by atoms with Crippen molar-refractivity contribution in [3.8, 4) is 5.82 Å². The molecule has 7 nitrogen and oxygen atoms in total. The second-order valence-electron chi connectivity index (χ2n) is 7.84. The Hall–Kier alpha value is -3.43. The molecule has 1 N–H and O–H groups in total. The van der Waals surface area contributed by atoms with Crippen LogP contribution in [0.25, 0.3) is 5.82 Å². The monoisotopic (exact) mass is 444 g/mol. The maximum atomic E-state index is 13.8. The van der Waals surface area contributed by atoms with Crippen LogP contribution >= 0.6 is 0 Å². The first-order chi connectivity index (χ1) is 15.2. The lowest BCUT2D eigenvalue weighted by atomic mass is 10.0. The van der Waals surface area contributed by atoms with Gasteiger partial charge in [-0.1, -0.05) is 5.21 Å². The molecule has 2 aromatic heterocycles. The largest absolute Gasteiger partial charge is 0.416 e. The van der Waals surface area contributed by atoms with E-state index in [2.05, 4.69) is 20.6 Å². The number of benzene rings is 1. The number of pyridine rings is 1. The summed E-state index contributed by atoms with van der Waals surface area (Å²) in [5, 5.41) is 10.2. The van der Waals surface area contributed by atoms with E-state index in [1.165, 1.54) is 17.8 Å². The fraction of sp³-hybridized carbons (Fsp3) is 0.364. The Morgan fingerprint density at radius 3 is 2.50 bits per heavy atom. The molecule has 0 radical (unpaired) electrons. The SMILES string of the molecule is Cc1ccc(C(=O)Nc2cc(N3CCCCC3)c(C)c(C(F)(F)F)c2)c(-n2ccnn2)n1. The van der Waals surface area contributed by atoms with Crippen LogP contribution in [0.5, 0.6) is 0 Å². The molecule has 0 saturated carbocycles. The van der Waals surface area contributed by atoms with Crippen LogP contribution in [0.4, 0.5) is 24.5 Å². The van der Waals surface area contributed by atoms with E-state index in [-0.39, 0.29) is 22.6 Å². The zero-order valence-corrected chi connectivity index (χ0v) is 17.8. The van der Waals surface area contributed by atoms with Gasteiger partial charge in [-0.2, -0.15) is 13.2 Å². The van der Waals surface area contributed by atoms with Crippen molar-refractivity contribution >= 4 is 17.3 Å². The molecule has 1 aromatic carbocycles. The van der Waals surface area contributed by atoms with E-state index in [4.69, 9.17) is 0 Å². The highest BCUT2D eigenvalue weighted by Gasteiger charge is 2.35. The summed E-state index contributed by atoms with van der Waals surface area (Å²) in [6.45, 7) is 4.62. The van der Waals surface area contributed by atoms with Gasteiger partial charge < -0.3 is 10.2 Å². The van der Waals surface area contributed by atoms with E-state index in [1.807, 2.05) is 4.90 Å². The van der Waals surface area contributed by atoms with E-state index in [0.717, 1.165) is 25.3 Å². The predicted octanol–water partition coefficient (Wildman–Crippen LogP) is 4.54. The summed E-state index contributed by atoms with van der Waals surface area (Å²) in [6, 6.07) is 5.83. The Morgan fingerprint density at radius 2 is 1.84 bits per heavy atom. The second-order valence-corrected chi connectivity index (χ2v) is 7.84. The molecular weight excluding hydrogens is 421 g/mol. The summed E-state index contributed by atoms with van der Waals surface area (Å²) in [5.41, 5.74) is 0.822. The lowest BCUT2D eigenvalue weighted by Crippen LogP contribution is -2.30. The minimum absolute atomic E-state index is 0.0820. The lowest BCUT2D eigenvalue weighted by Gasteiger charge is -2.31. The average Bonchev–Trinajstić information content (AvgIpc) is 3.29. The van der Waals surface area contributed by atoms with Crippen molar-refractivity contribution in [2.24, 2.45) is 0 Å². The number of nitrogens with one attached hydrogen (secondary N) is 1. The molecule has 168 valence electrons. The topological polar surface area (TPSA) is 75.9 Å². The predicted molar refractivity (Wildman–Crippen MR) is 114 cm³/mol. The number of piperidine rings is 1. The van der Waals surface area contributed by atoms with Gasteiger partial charge in [0, 0.05) is 30.2 Å². The van der Waals surface area contributed by atoms with Crippen LogP contribution in [0.2, 0.25) is 0 Å². The number of aryl methyl sites for hydroxylation is 1. The van der Waals surface area contributed by atoms with Crippen LogP contribution in [-0.2, 0) is 6.18 Å². The van der Waals surface area contributed by atoms with Gasteiger partial charge in [0.25, 0.3) is 5.91 Å². The molecule has 1 fully saturated rings. The normalized spacial score (nSPS) is 14.5. The Morgan fingerprint density at radius 1 is 1.09 bits per heavy atom. The summed E-state index contributed by atoms with van der Waals surface area (Å²) in [6.07, 6.45) is 1.37. The fourth-order valence-corrected chi connectivity index (χ4v) is 3.94. The minimum Gasteiger partial charge on any atom is -0.371 e. The Balaban J connectivity index is 1.72. The maximum Gasteiger partial charge on any atom is 0.416 e. The Kier molecular flexibility index (Phi) is 5.86. The Bertz CT molecular complexity index is 1120. The number of nitrogens with zero attached hydrogens (tertiary/aromatic N) is 5. The van der Waals surface area contributed by atoms with Crippen LogP contribution in [0, 0.1) is 13.8 Å². The van der Waals surface area contributed by atoms with E-state index in [9.17, 15) is 18.0 Å². The lowest BCUT2D eigenvalue weighted by molar-refractivity contribution is -0.138. The molecule has 1 saturated heterocycles. The zero-order chi connectivity index (χ0) is 22.9. The van der Waals surface area contributed by atoms with Crippen molar-refractivity contribution in [2.75, 3.05) is 23.3 Å². The van der Waals surface area contributed by atoms with E-state index in [0.29, 0.717) is 24.5 Å². The van der Waals surface area contributed by atoms with Crippen LogP contribution in [0.1, 0.15) is 46.4 Å². The fourth-order valence-electron chi connectivity index (χ4n) is 3.94. The smallest absolute Gasteiger partial charge is 0.371 e. The number of anilines is 2. The highest BCUT2D eigenvalue weighted by Crippen LogP contribution is 2.39. The molecule has 0 bridgehead atoms. The van der Waals surface area contributed by atoms with Crippen molar-refractivity contribution < 1.29 is 18.0 Å².